The highest BCUT2D eigenvalue weighted by Crippen LogP contribution is 2.38. The van der Waals surface area contributed by atoms with Gasteiger partial charge in [0.05, 0.1) is 33.8 Å². The van der Waals surface area contributed by atoms with Gasteiger partial charge in [0.25, 0.3) is 7.82 Å². The summed E-state index contributed by atoms with van der Waals surface area (Å²) in [6.45, 7) is 6.73. The summed E-state index contributed by atoms with van der Waals surface area (Å²) in [5.74, 6) is -0.558. The van der Waals surface area contributed by atoms with Crippen molar-refractivity contribution in [3.63, 3.8) is 0 Å². The van der Waals surface area contributed by atoms with Crippen molar-refractivity contribution in [3.05, 3.63) is 72.9 Å². The fraction of sp³-hybridized carbons (Fsp3) is 0.781. The number of carbonyl (C=O) groups is 2. The van der Waals surface area contributed by atoms with Crippen LogP contribution in [-0.2, 0) is 27.9 Å². The van der Waals surface area contributed by atoms with Crippen molar-refractivity contribution in [3.8, 4) is 0 Å². The van der Waals surface area contributed by atoms with Crippen molar-refractivity contribution in [1.82, 2.24) is 5.32 Å². The number of allylic oxidation sites excluding steroid dienone is 11. The molecule has 0 aliphatic carbocycles. The molecule has 1 N–H and O–H groups in total. The molecule has 10 heteroatoms. The molecule has 74 heavy (non-hydrogen) atoms. The van der Waals surface area contributed by atoms with E-state index in [9.17, 15) is 19.0 Å². The lowest BCUT2D eigenvalue weighted by Gasteiger charge is -2.30. The van der Waals surface area contributed by atoms with Gasteiger partial charge in [-0.15, -0.1) is 0 Å². The molecule has 3 atom stereocenters. The Morgan fingerprint density at radius 1 is 0.486 bits per heavy atom. The van der Waals surface area contributed by atoms with E-state index in [1.54, 1.807) is 0 Å². The Kier molecular flexibility index (Phi) is 52.0. The number of carbonyl (C=O) groups excluding carboxylic acids is 2. The van der Waals surface area contributed by atoms with Crippen molar-refractivity contribution >= 4 is 19.7 Å². The molecule has 0 bridgehead atoms. The van der Waals surface area contributed by atoms with Crippen LogP contribution < -0.4 is 10.2 Å². The van der Waals surface area contributed by atoms with Gasteiger partial charge in [-0.25, -0.2) is 0 Å². The van der Waals surface area contributed by atoms with Crippen LogP contribution in [0.1, 0.15) is 271 Å². The summed E-state index contributed by atoms with van der Waals surface area (Å²) in [5.41, 5.74) is 0. The number of hydrogen-bond donors (Lipinski definition) is 1. The van der Waals surface area contributed by atoms with Crippen molar-refractivity contribution < 1.29 is 37.3 Å². The van der Waals surface area contributed by atoms with Gasteiger partial charge in [0.15, 0.2) is 0 Å². The summed E-state index contributed by atoms with van der Waals surface area (Å²) in [6.07, 6.45) is 68.6. The molecule has 0 aromatic carbocycles. The van der Waals surface area contributed by atoms with Gasteiger partial charge in [-0.05, 0) is 76.7 Å². The van der Waals surface area contributed by atoms with Crippen LogP contribution in [-0.4, -0.2) is 69.4 Å². The zero-order valence-electron chi connectivity index (χ0n) is 49.0. The molecule has 3 unspecified atom stereocenters. The van der Waals surface area contributed by atoms with Gasteiger partial charge in [-0.2, -0.15) is 0 Å². The summed E-state index contributed by atoms with van der Waals surface area (Å²) in [4.78, 5) is 40.0. The van der Waals surface area contributed by atoms with E-state index in [1.165, 1.54) is 128 Å². The average Bonchev–Trinajstić information content (AvgIpc) is 3.36. The Morgan fingerprint density at radius 3 is 1.30 bits per heavy atom. The standard InChI is InChI=1S/C64H117N2O7P/c1-7-10-13-16-19-22-25-28-30-31-32-33-34-35-37-39-42-45-48-51-54-57-64(68)73-62(55-52-49-46-43-40-27-24-21-18-15-12-9-3)61(60-72-74(69,70)71-59-58-66(4,5)6)65-63(67)56-53-50-47-44-41-38-36-29-26-23-20-17-14-11-8-2/h10,13,19,22,28,30,32-33,35,37,52,55,61-62H,7-9,11-12,14-18,20-21,23-27,29,31,34,36,38-51,53-54,56-60H2,1-6H3,(H-,65,67,69,70)/b13-10-,22-19-,30-28-,33-32-,37-35-,55-52+. The average molecular weight is 1060 g/mol. The lowest BCUT2D eigenvalue weighted by molar-refractivity contribution is -0.870. The number of hydrogen-bond acceptors (Lipinski definition) is 7. The van der Waals surface area contributed by atoms with Crippen LogP contribution in [0.2, 0.25) is 0 Å². The highest BCUT2D eigenvalue weighted by atomic mass is 31.2. The van der Waals surface area contributed by atoms with E-state index >= 15 is 0 Å². The third kappa shape index (κ3) is 54.2. The molecule has 0 fully saturated rings. The van der Waals surface area contributed by atoms with Crippen LogP contribution in [0, 0.1) is 0 Å². The first kappa shape index (κ1) is 71.5. The van der Waals surface area contributed by atoms with E-state index in [0.29, 0.717) is 23.9 Å². The van der Waals surface area contributed by atoms with Gasteiger partial charge < -0.3 is 28.5 Å². The summed E-state index contributed by atoms with van der Waals surface area (Å²) in [7, 11) is 1.17. The molecular formula is C64H117N2O7P. The van der Waals surface area contributed by atoms with E-state index in [1.807, 2.05) is 33.3 Å². The zero-order chi connectivity index (χ0) is 54.3. The number of nitrogens with one attached hydrogen (secondary N) is 1. The molecule has 0 heterocycles. The second kappa shape index (κ2) is 53.8. The number of rotatable bonds is 55. The van der Waals surface area contributed by atoms with Crippen LogP contribution in [0.25, 0.3) is 0 Å². The third-order valence-corrected chi connectivity index (χ3v) is 14.4. The lowest BCUT2D eigenvalue weighted by atomic mass is 10.0. The van der Waals surface area contributed by atoms with Gasteiger partial charge in [0, 0.05) is 12.8 Å². The minimum absolute atomic E-state index is 0.0267. The minimum atomic E-state index is -4.70. The number of phosphoric ester groups is 1. The van der Waals surface area contributed by atoms with Gasteiger partial charge in [0.1, 0.15) is 19.3 Å². The number of amides is 1. The number of esters is 1. The Morgan fingerprint density at radius 2 is 0.865 bits per heavy atom. The Labute approximate surface area is 457 Å². The molecule has 0 aromatic rings. The summed E-state index contributed by atoms with van der Waals surface area (Å²) >= 11 is 0. The lowest BCUT2D eigenvalue weighted by Crippen LogP contribution is -2.47. The first-order valence-electron chi connectivity index (χ1n) is 30.7. The van der Waals surface area contributed by atoms with Crippen molar-refractivity contribution in [2.45, 2.75) is 283 Å². The topological polar surface area (TPSA) is 114 Å². The Balaban J connectivity index is 5.29. The monoisotopic (exact) mass is 1060 g/mol. The van der Waals surface area contributed by atoms with Gasteiger partial charge >= 0.3 is 5.97 Å². The molecule has 1 amide bonds. The van der Waals surface area contributed by atoms with Gasteiger partial charge in [-0.3, -0.25) is 14.2 Å². The van der Waals surface area contributed by atoms with Crippen molar-refractivity contribution in [1.29, 1.82) is 0 Å². The summed E-state index contributed by atoms with van der Waals surface area (Å²) < 4.78 is 30.3. The minimum Gasteiger partial charge on any atom is -0.756 e. The predicted octanol–water partition coefficient (Wildman–Crippen LogP) is 18.2. The maximum Gasteiger partial charge on any atom is 0.306 e. The van der Waals surface area contributed by atoms with E-state index in [0.717, 1.165) is 103 Å². The van der Waals surface area contributed by atoms with Crippen LogP contribution >= 0.6 is 7.82 Å². The smallest absolute Gasteiger partial charge is 0.306 e. The highest BCUT2D eigenvalue weighted by Gasteiger charge is 2.27. The van der Waals surface area contributed by atoms with E-state index < -0.39 is 26.6 Å². The first-order chi connectivity index (χ1) is 35.9. The number of unbranched alkanes of at least 4 members (excludes halogenated alkanes) is 29. The fourth-order valence-electron chi connectivity index (χ4n) is 8.67. The maximum absolute atomic E-state index is 13.5. The molecule has 0 radical (unpaired) electrons. The SMILES string of the molecule is CC/C=C\C/C=C\C/C=C\C/C=C\C/C=C\CCCCCCCC(=O)OC(/C=C/CCCCCCCCCCCC)C(COP(=O)([O-])OCC[N+](C)(C)C)NC(=O)CCCCCCCCCCCCCCCCC. The predicted molar refractivity (Wildman–Crippen MR) is 316 cm³/mol. The molecule has 0 spiro atoms. The molecule has 0 saturated carbocycles. The van der Waals surface area contributed by atoms with Gasteiger partial charge in [-0.1, -0.05) is 255 Å². The Bertz CT molecular complexity index is 1500. The van der Waals surface area contributed by atoms with Crippen molar-refractivity contribution in [2.24, 2.45) is 0 Å². The molecule has 0 saturated heterocycles. The van der Waals surface area contributed by atoms with Crippen LogP contribution in [0.4, 0.5) is 0 Å². The normalized spacial score (nSPS) is 14.2. The molecule has 0 aliphatic rings. The molecule has 430 valence electrons. The highest BCUT2D eigenvalue weighted by molar-refractivity contribution is 7.45. The van der Waals surface area contributed by atoms with Crippen LogP contribution in [0.3, 0.4) is 0 Å². The second-order valence-electron chi connectivity index (χ2n) is 21.8. The fourth-order valence-corrected chi connectivity index (χ4v) is 9.39. The summed E-state index contributed by atoms with van der Waals surface area (Å²) in [5, 5.41) is 3.02. The summed E-state index contributed by atoms with van der Waals surface area (Å²) in [6, 6.07) is -0.896. The van der Waals surface area contributed by atoms with Gasteiger partial charge in [0.2, 0.25) is 5.91 Å². The number of nitrogens with zero attached hydrogens (tertiary/aromatic N) is 1. The molecule has 0 rings (SSSR count). The Hall–Kier alpha value is -2.55. The largest absolute Gasteiger partial charge is 0.756 e. The zero-order valence-corrected chi connectivity index (χ0v) is 49.9. The third-order valence-electron chi connectivity index (χ3n) is 13.4. The molecular weight excluding hydrogens is 940 g/mol. The van der Waals surface area contributed by atoms with Crippen molar-refractivity contribution in [2.75, 3.05) is 40.9 Å². The number of quaternary nitrogens is 1. The number of likely N-dealkylation sites (N-methyl/N-ethyl adjacent to an activating group) is 1. The van der Waals surface area contributed by atoms with Crippen LogP contribution in [0.5, 0.6) is 0 Å². The quantitative estimate of drug-likeness (QED) is 0.0212. The number of ether oxygens (including phenoxy) is 1. The van der Waals surface area contributed by atoms with E-state index in [2.05, 4.69) is 86.8 Å². The maximum atomic E-state index is 13.5. The van der Waals surface area contributed by atoms with Crippen LogP contribution in [0.15, 0.2) is 72.9 Å². The molecule has 0 aromatic heterocycles. The number of phosphoric acid groups is 1. The van der Waals surface area contributed by atoms with E-state index in [-0.39, 0.29) is 24.9 Å². The first-order valence-corrected chi connectivity index (χ1v) is 32.2. The second-order valence-corrected chi connectivity index (χ2v) is 23.2. The molecule has 9 nitrogen and oxygen atoms in total. The van der Waals surface area contributed by atoms with E-state index in [4.69, 9.17) is 13.8 Å². The molecule has 0 aliphatic heterocycles.